The highest BCUT2D eigenvalue weighted by molar-refractivity contribution is 8.27. The van der Waals surface area contributed by atoms with Crippen molar-refractivity contribution < 1.29 is 9.59 Å². The van der Waals surface area contributed by atoms with Crippen molar-refractivity contribution in [1.82, 2.24) is 10.6 Å². The standard InChI is InChI=1S/C14H8N2O2S4/c17-11-9(21-13(19)15-11)5-7-3-1-2-4-8(7)6-10-12(18)16-14(20)22-10/h1-6H,(H,15,17,19)(H,16,18,20)/b9-5-,10-6+. The molecule has 2 N–H and O–H groups in total. The van der Waals surface area contributed by atoms with E-state index in [0.29, 0.717) is 18.5 Å². The van der Waals surface area contributed by atoms with E-state index in [9.17, 15) is 9.59 Å². The Balaban J connectivity index is 1.98. The molecule has 1 aromatic carbocycles. The number of hydrogen-bond donors (Lipinski definition) is 2. The van der Waals surface area contributed by atoms with Crippen LogP contribution in [0, 0.1) is 0 Å². The molecule has 0 atom stereocenters. The Bertz CT molecular complexity index is 718. The number of rotatable bonds is 2. The first-order valence-electron chi connectivity index (χ1n) is 6.12. The van der Waals surface area contributed by atoms with Gasteiger partial charge in [0, 0.05) is 0 Å². The maximum absolute atomic E-state index is 11.8. The van der Waals surface area contributed by atoms with Crippen molar-refractivity contribution in [2.24, 2.45) is 0 Å². The first-order chi connectivity index (χ1) is 10.5. The summed E-state index contributed by atoms with van der Waals surface area (Å²) >= 11 is 12.4. The minimum atomic E-state index is -0.202. The maximum Gasteiger partial charge on any atom is 0.263 e. The predicted octanol–water partition coefficient (Wildman–Crippen LogP) is 2.66. The van der Waals surface area contributed by atoms with Crippen molar-refractivity contribution >= 4 is 80.6 Å². The summed E-state index contributed by atoms with van der Waals surface area (Å²) in [6.45, 7) is 0. The molecule has 110 valence electrons. The van der Waals surface area contributed by atoms with Gasteiger partial charge in [0.05, 0.1) is 9.81 Å². The first kappa shape index (κ1) is 15.4. The molecule has 0 radical (unpaired) electrons. The highest BCUT2D eigenvalue weighted by Gasteiger charge is 2.24. The zero-order valence-corrected chi connectivity index (χ0v) is 14.2. The fourth-order valence-corrected chi connectivity index (χ4v) is 3.97. The highest BCUT2D eigenvalue weighted by Crippen LogP contribution is 2.30. The van der Waals surface area contributed by atoms with Crippen LogP contribution in [0.1, 0.15) is 11.1 Å². The van der Waals surface area contributed by atoms with Crippen molar-refractivity contribution in [3.05, 3.63) is 45.2 Å². The van der Waals surface area contributed by atoms with E-state index in [0.717, 1.165) is 11.1 Å². The van der Waals surface area contributed by atoms with E-state index in [2.05, 4.69) is 10.6 Å². The third kappa shape index (κ3) is 3.30. The molecule has 3 rings (SSSR count). The van der Waals surface area contributed by atoms with Gasteiger partial charge < -0.3 is 10.6 Å². The molecule has 0 spiro atoms. The van der Waals surface area contributed by atoms with E-state index >= 15 is 0 Å². The summed E-state index contributed by atoms with van der Waals surface area (Å²) < 4.78 is 0.895. The lowest BCUT2D eigenvalue weighted by Crippen LogP contribution is -2.17. The van der Waals surface area contributed by atoms with Gasteiger partial charge in [-0.05, 0) is 23.3 Å². The van der Waals surface area contributed by atoms with E-state index < -0.39 is 0 Å². The summed E-state index contributed by atoms with van der Waals surface area (Å²) in [6.07, 6.45) is 3.53. The summed E-state index contributed by atoms with van der Waals surface area (Å²) in [5.74, 6) is -0.404. The van der Waals surface area contributed by atoms with Gasteiger partial charge in [-0.25, -0.2) is 0 Å². The molecule has 2 saturated heterocycles. The zero-order chi connectivity index (χ0) is 15.7. The summed E-state index contributed by atoms with van der Waals surface area (Å²) in [6, 6.07) is 7.50. The number of thioether (sulfide) groups is 2. The number of nitrogens with one attached hydrogen (secondary N) is 2. The molecule has 2 aliphatic rings. The Kier molecular flexibility index (Phi) is 4.44. The Hall–Kier alpha value is -1.48. The van der Waals surface area contributed by atoms with Crippen LogP contribution in [0.4, 0.5) is 0 Å². The van der Waals surface area contributed by atoms with E-state index in [1.54, 1.807) is 12.2 Å². The average molecular weight is 364 g/mol. The quantitative estimate of drug-likeness (QED) is 0.622. The molecule has 0 aliphatic carbocycles. The largest absolute Gasteiger partial charge is 0.307 e. The molecule has 0 aromatic heterocycles. The Labute approximate surface area is 145 Å². The fraction of sp³-hybridized carbons (Fsp3) is 0. The van der Waals surface area contributed by atoms with Crippen LogP contribution < -0.4 is 10.6 Å². The van der Waals surface area contributed by atoms with Crippen LogP contribution in [0.2, 0.25) is 0 Å². The van der Waals surface area contributed by atoms with Crippen LogP contribution in [0.5, 0.6) is 0 Å². The second-order valence-electron chi connectivity index (χ2n) is 4.33. The SMILES string of the molecule is O=C1NC(=S)S/C1=C\c1ccccc1/C=C1/SC(=S)NC1=O. The molecule has 1 aromatic rings. The van der Waals surface area contributed by atoms with E-state index in [-0.39, 0.29) is 11.8 Å². The van der Waals surface area contributed by atoms with Crippen molar-refractivity contribution in [3.63, 3.8) is 0 Å². The third-order valence-corrected chi connectivity index (χ3v) is 5.18. The van der Waals surface area contributed by atoms with Crippen LogP contribution in [0.25, 0.3) is 12.2 Å². The Morgan fingerprint density at radius 2 is 1.23 bits per heavy atom. The molecule has 2 aliphatic heterocycles. The third-order valence-electron chi connectivity index (χ3n) is 2.85. The summed E-state index contributed by atoms with van der Waals surface area (Å²) in [5, 5.41) is 5.16. The molecule has 0 saturated carbocycles. The molecular formula is C14H8N2O2S4. The Morgan fingerprint density at radius 1 is 0.818 bits per heavy atom. The topological polar surface area (TPSA) is 58.2 Å². The molecular weight excluding hydrogens is 356 g/mol. The van der Waals surface area contributed by atoms with Crippen molar-refractivity contribution in [2.45, 2.75) is 0 Å². The van der Waals surface area contributed by atoms with Gasteiger partial charge >= 0.3 is 0 Å². The predicted molar refractivity (Wildman–Crippen MR) is 99.1 cm³/mol. The fourth-order valence-electron chi connectivity index (χ4n) is 1.90. The van der Waals surface area contributed by atoms with E-state index in [1.807, 2.05) is 24.3 Å². The smallest absolute Gasteiger partial charge is 0.263 e. The molecule has 0 unspecified atom stereocenters. The lowest BCUT2D eigenvalue weighted by atomic mass is 10.1. The maximum atomic E-state index is 11.8. The number of carbonyl (C=O) groups is 2. The number of thiocarbonyl (C=S) groups is 2. The molecule has 2 amide bonds. The zero-order valence-electron chi connectivity index (χ0n) is 10.9. The van der Waals surface area contributed by atoms with Gasteiger partial charge in [-0.2, -0.15) is 0 Å². The summed E-state index contributed by atoms with van der Waals surface area (Å²) in [4.78, 5) is 24.6. The van der Waals surface area contributed by atoms with Gasteiger partial charge in [-0.1, -0.05) is 72.2 Å². The molecule has 0 bridgehead atoms. The number of benzene rings is 1. The van der Waals surface area contributed by atoms with Crippen LogP contribution >= 0.6 is 48.0 Å². The van der Waals surface area contributed by atoms with Gasteiger partial charge in [-0.3, -0.25) is 9.59 Å². The van der Waals surface area contributed by atoms with Gasteiger partial charge in [0.15, 0.2) is 0 Å². The second-order valence-corrected chi connectivity index (χ2v) is 7.77. The van der Waals surface area contributed by atoms with Crippen molar-refractivity contribution in [3.8, 4) is 0 Å². The number of hydrogen-bond acceptors (Lipinski definition) is 6. The summed E-state index contributed by atoms with van der Waals surface area (Å²) in [5.41, 5.74) is 1.67. The van der Waals surface area contributed by atoms with Gasteiger partial charge in [0.25, 0.3) is 11.8 Å². The van der Waals surface area contributed by atoms with Crippen LogP contribution in [0.3, 0.4) is 0 Å². The average Bonchev–Trinajstić information content (AvgIpc) is 2.94. The van der Waals surface area contributed by atoms with Crippen LogP contribution in [-0.4, -0.2) is 20.5 Å². The number of carbonyl (C=O) groups excluding carboxylic acids is 2. The summed E-state index contributed by atoms with van der Waals surface area (Å²) in [7, 11) is 0. The lowest BCUT2D eigenvalue weighted by molar-refractivity contribution is -0.116. The van der Waals surface area contributed by atoms with Gasteiger partial charge in [0.1, 0.15) is 8.64 Å². The molecule has 2 fully saturated rings. The second kappa shape index (κ2) is 6.33. The monoisotopic (exact) mass is 364 g/mol. The number of amides is 2. The molecule has 2 heterocycles. The van der Waals surface area contributed by atoms with Crippen molar-refractivity contribution in [2.75, 3.05) is 0 Å². The Morgan fingerprint density at radius 3 is 1.55 bits per heavy atom. The molecule has 4 nitrogen and oxygen atoms in total. The minimum Gasteiger partial charge on any atom is -0.307 e. The van der Waals surface area contributed by atoms with Gasteiger partial charge in [0.2, 0.25) is 0 Å². The minimum absolute atomic E-state index is 0.202. The first-order valence-corrected chi connectivity index (χ1v) is 8.56. The van der Waals surface area contributed by atoms with Crippen LogP contribution in [-0.2, 0) is 9.59 Å². The molecule has 8 heteroatoms. The van der Waals surface area contributed by atoms with E-state index in [4.69, 9.17) is 24.4 Å². The van der Waals surface area contributed by atoms with Crippen molar-refractivity contribution in [1.29, 1.82) is 0 Å². The molecule has 22 heavy (non-hydrogen) atoms. The van der Waals surface area contributed by atoms with Gasteiger partial charge in [-0.15, -0.1) is 0 Å². The van der Waals surface area contributed by atoms with E-state index in [1.165, 1.54) is 23.5 Å². The highest BCUT2D eigenvalue weighted by atomic mass is 32.2. The lowest BCUT2D eigenvalue weighted by Gasteiger charge is -2.02. The normalized spacial score (nSPS) is 21.6. The van der Waals surface area contributed by atoms with Crippen LogP contribution in [0.15, 0.2) is 34.1 Å².